The van der Waals surface area contributed by atoms with Gasteiger partial charge in [0.2, 0.25) is 0 Å². The van der Waals surface area contributed by atoms with E-state index >= 15 is 0 Å². The molecular weight excluding hydrogens is 290 g/mol. The molecule has 0 saturated heterocycles. The first-order valence-electron chi connectivity index (χ1n) is 7.87. The summed E-state index contributed by atoms with van der Waals surface area (Å²) < 4.78 is 0. The number of para-hydroxylation sites is 1. The van der Waals surface area contributed by atoms with Crippen molar-refractivity contribution in [2.24, 2.45) is 0 Å². The number of pyridine rings is 1. The summed E-state index contributed by atoms with van der Waals surface area (Å²) in [6.45, 7) is 10.1. The van der Waals surface area contributed by atoms with Crippen LogP contribution in [-0.4, -0.2) is 4.98 Å². The van der Waals surface area contributed by atoms with Crippen molar-refractivity contribution in [2.45, 2.75) is 34.6 Å². The Labute approximate surface area is 139 Å². The second kappa shape index (κ2) is 9.22. The van der Waals surface area contributed by atoms with Crippen molar-refractivity contribution >= 4 is 22.5 Å². The van der Waals surface area contributed by atoms with E-state index in [0.29, 0.717) is 0 Å². The Morgan fingerprint density at radius 2 is 1.41 bits per heavy atom. The zero-order valence-corrected chi connectivity index (χ0v) is 14.8. The quantitative estimate of drug-likeness (QED) is 0.475. The number of aromatic nitrogens is 1. The van der Waals surface area contributed by atoms with Gasteiger partial charge in [-0.05, 0) is 24.6 Å². The molecule has 116 valence electrons. The van der Waals surface area contributed by atoms with Crippen molar-refractivity contribution in [2.75, 3.05) is 0 Å². The highest BCUT2D eigenvalue weighted by atomic mass is 35.5. The molecule has 3 aromatic rings. The molecule has 0 fully saturated rings. The van der Waals surface area contributed by atoms with Gasteiger partial charge in [-0.15, -0.1) is 0 Å². The lowest BCUT2D eigenvalue weighted by molar-refractivity contribution is 1.36. The van der Waals surface area contributed by atoms with E-state index in [9.17, 15) is 0 Å². The zero-order valence-electron chi connectivity index (χ0n) is 14.0. The Morgan fingerprint density at radius 3 is 2.09 bits per heavy atom. The summed E-state index contributed by atoms with van der Waals surface area (Å²) in [6, 6.07) is 18.1. The van der Waals surface area contributed by atoms with Gasteiger partial charge in [-0.3, -0.25) is 0 Å². The van der Waals surface area contributed by atoms with Crippen LogP contribution in [0.4, 0.5) is 0 Å². The molecule has 1 nitrogen and oxygen atoms in total. The van der Waals surface area contributed by atoms with Gasteiger partial charge in [0.15, 0.2) is 0 Å². The second-order valence-corrected chi connectivity index (χ2v) is 4.73. The van der Waals surface area contributed by atoms with Crippen LogP contribution >= 0.6 is 11.6 Å². The zero-order chi connectivity index (χ0) is 16.5. The Hall–Kier alpha value is -1.86. The summed E-state index contributed by atoms with van der Waals surface area (Å²) >= 11 is 6.32. The van der Waals surface area contributed by atoms with Crippen molar-refractivity contribution in [3.05, 3.63) is 65.2 Å². The smallest absolute Gasteiger partial charge is 0.0727 e. The highest BCUT2D eigenvalue weighted by Crippen LogP contribution is 2.29. The monoisotopic (exact) mass is 313 g/mol. The fraction of sp³-hybridized carbons (Fsp3) is 0.250. The van der Waals surface area contributed by atoms with Gasteiger partial charge in [-0.2, -0.15) is 0 Å². The van der Waals surface area contributed by atoms with Gasteiger partial charge >= 0.3 is 0 Å². The molecule has 2 heteroatoms. The first kappa shape index (κ1) is 18.2. The van der Waals surface area contributed by atoms with Crippen LogP contribution in [-0.2, 0) is 0 Å². The fourth-order valence-electron chi connectivity index (χ4n) is 2.13. The largest absolute Gasteiger partial charge is 0.248 e. The molecule has 22 heavy (non-hydrogen) atoms. The van der Waals surface area contributed by atoms with E-state index in [-0.39, 0.29) is 0 Å². The maximum absolute atomic E-state index is 6.32. The summed E-state index contributed by atoms with van der Waals surface area (Å²) in [5.41, 5.74) is 4.20. The van der Waals surface area contributed by atoms with Gasteiger partial charge in [0.1, 0.15) is 0 Å². The van der Waals surface area contributed by atoms with Gasteiger partial charge < -0.3 is 0 Å². The third-order valence-corrected chi connectivity index (χ3v) is 3.40. The highest BCUT2D eigenvalue weighted by Gasteiger charge is 2.07. The van der Waals surface area contributed by atoms with E-state index in [1.807, 2.05) is 70.2 Å². The Morgan fingerprint density at radius 1 is 0.818 bits per heavy atom. The Balaban J connectivity index is 0.000000561. The van der Waals surface area contributed by atoms with Crippen LogP contribution in [0.5, 0.6) is 0 Å². The van der Waals surface area contributed by atoms with Gasteiger partial charge in [-0.25, -0.2) is 4.98 Å². The lowest BCUT2D eigenvalue weighted by Gasteiger charge is -2.07. The molecule has 3 rings (SSSR count). The molecule has 0 aliphatic carbocycles. The van der Waals surface area contributed by atoms with Gasteiger partial charge in [0.05, 0.1) is 16.2 Å². The maximum Gasteiger partial charge on any atom is 0.0727 e. The number of hydrogen-bond acceptors (Lipinski definition) is 1. The van der Waals surface area contributed by atoms with Crippen LogP contribution in [0.2, 0.25) is 5.02 Å². The summed E-state index contributed by atoms with van der Waals surface area (Å²) in [7, 11) is 0. The summed E-state index contributed by atoms with van der Waals surface area (Å²) in [5, 5.41) is 1.75. The Bertz CT molecular complexity index is 720. The second-order valence-electron chi connectivity index (χ2n) is 4.32. The summed E-state index contributed by atoms with van der Waals surface area (Å²) in [6.07, 6.45) is 0. The van der Waals surface area contributed by atoms with Crippen molar-refractivity contribution in [3.8, 4) is 11.3 Å². The third kappa shape index (κ3) is 4.08. The van der Waals surface area contributed by atoms with E-state index in [2.05, 4.69) is 24.0 Å². The van der Waals surface area contributed by atoms with Crippen molar-refractivity contribution in [1.82, 2.24) is 4.98 Å². The number of halogens is 1. The van der Waals surface area contributed by atoms with Gasteiger partial charge in [0, 0.05) is 10.9 Å². The van der Waals surface area contributed by atoms with E-state index in [0.717, 1.165) is 27.2 Å². The predicted octanol–water partition coefficient (Wildman–Crippen LogP) is 6.92. The molecule has 0 unspecified atom stereocenters. The number of hydrogen-bond donors (Lipinski definition) is 0. The van der Waals surface area contributed by atoms with Crippen LogP contribution in [0.25, 0.3) is 22.2 Å². The Kier molecular flexibility index (Phi) is 7.62. The molecule has 0 spiro atoms. The minimum atomic E-state index is 0.749. The molecule has 1 aromatic heterocycles. The topological polar surface area (TPSA) is 12.9 Å². The SMILES string of the molecule is CC.CC.Cc1ccccc1-c1cc(Cl)c2ccccc2n1. The molecule has 0 aliphatic heterocycles. The molecular formula is C20H24ClN. The predicted molar refractivity (Wildman–Crippen MR) is 99.6 cm³/mol. The van der Waals surface area contributed by atoms with Crippen molar-refractivity contribution in [1.29, 1.82) is 0 Å². The normalized spacial score (nSPS) is 9.36. The van der Waals surface area contributed by atoms with Crippen LogP contribution < -0.4 is 0 Å². The lowest BCUT2D eigenvalue weighted by atomic mass is 10.0. The molecule has 0 N–H and O–H groups in total. The van der Waals surface area contributed by atoms with E-state index < -0.39 is 0 Å². The number of benzene rings is 2. The van der Waals surface area contributed by atoms with Gasteiger partial charge in [0.25, 0.3) is 0 Å². The van der Waals surface area contributed by atoms with Crippen molar-refractivity contribution < 1.29 is 0 Å². The van der Waals surface area contributed by atoms with E-state index in [4.69, 9.17) is 11.6 Å². The van der Waals surface area contributed by atoms with Crippen LogP contribution in [0, 0.1) is 6.92 Å². The molecule has 0 aliphatic rings. The third-order valence-electron chi connectivity index (χ3n) is 3.09. The standard InChI is InChI=1S/C16H12ClN.2C2H6/c1-11-6-2-3-7-12(11)16-10-14(17)13-8-4-5-9-15(13)18-16;2*1-2/h2-10H,1H3;2*1-2H3. The number of rotatable bonds is 1. The van der Waals surface area contributed by atoms with Crippen LogP contribution in [0.3, 0.4) is 0 Å². The first-order valence-corrected chi connectivity index (χ1v) is 8.25. The van der Waals surface area contributed by atoms with Crippen molar-refractivity contribution in [3.63, 3.8) is 0 Å². The van der Waals surface area contributed by atoms with Gasteiger partial charge in [-0.1, -0.05) is 81.8 Å². The lowest BCUT2D eigenvalue weighted by Crippen LogP contribution is -1.88. The number of aryl methyl sites for hydroxylation is 1. The number of fused-ring (bicyclic) bond motifs is 1. The molecule has 0 amide bonds. The molecule has 0 radical (unpaired) electrons. The first-order chi connectivity index (χ1) is 10.8. The van der Waals surface area contributed by atoms with E-state index in [1.165, 1.54) is 5.56 Å². The molecule has 0 saturated carbocycles. The fourth-order valence-corrected chi connectivity index (χ4v) is 2.39. The number of nitrogens with zero attached hydrogens (tertiary/aromatic N) is 1. The highest BCUT2D eigenvalue weighted by molar-refractivity contribution is 6.35. The minimum absolute atomic E-state index is 0.749. The molecule has 0 atom stereocenters. The molecule has 0 bridgehead atoms. The molecule has 1 heterocycles. The minimum Gasteiger partial charge on any atom is -0.248 e. The average molecular weight is 314 g/mol. The average Bonchev–Trinajstić information content (AvgIpc) is 2.59. The molecule has 2 aromatic carbocycles. The van der Waals surface area contributed by atoms with Crippen LogP contribution in [0.15, 0.2) is 54.6 Å². The summed E-state index contributed by atoms with van der Waals surface area (Å²) in [4.78, 5) is 4.68. The summed E-state index contributed by atoms with van der Waals surface area (Å²) in [5.74, 6) is 0. The maximum atomic E-state index is 6.32. The van der Waals surface area contributed by atoms with Crippen LogP contribution in [0.1, 0.15) is 33.3 Å². The van der Waals surface area contributed by atoms with E-state index in [1.54, 1.807) is 0 Å².